The van der Waals surface area contributed by atoms with Crippen molar-refractivity contribution in [2.75, 3.05) is 26.8 Å². The van der Waals surface area contributed by atoms with Crippen LogP contribution in [-0.2, 0) is 21.3 Å². The van der Waals surface area contributed by atoms with Crippen LogP contribution in [0.5, 0.6) is 0 Å². The van der Waals surface area contributed by atoms with Crippen LogP contribution in [0.25, 0.3) is 0 Å². The molecule has 0 fully saturated rings. The zero-order valence-electron chi connectivity index (χ0n) is 11.7. The average Bonchev–Trinajstić information content (AvgIpc) is 2.76. The van der Waals surface area contributed by atoms with Gasteiger partial charge in [0.05, 0.1) is 6.54 Å². The summed E-state index contributed by atoms with van der Waals surface area (Å²) < 4.78 is 37.5. The van der Waals surface area contributed by atoms with Gasteiger partial charge >= 0.3 is 0 Å². The molecule has 1 aromatic heterocycles. The van der Waals surface area contributed by atoms with Crippen LogP contribution in [0.3, 0.4) is 0 Å². The number of halogens is 1. The van der Waals surface area contributed by atoms with E-state index < -0.39 is 10.0 Å². The van der Waals surface area contributed by atoms with Crippen molar-refractivity contribution in [2.24, 2.45) is 0 Å². The molecule has 2 N–H and O–H groups in total. The normalized spacial score (nSPS) is 11.9. The molecule has 0 aliphatic heterocycles. The summed E-state index contributed by atoms with van der Waals surface area (Å²) >= 11 is 3.13. The van der Waals surface area contributed by atoms with Gasteiger partial charge in [-0.3, -0.25) is 0 Å². The van der Waals surface area contributed by atoms with Gasteiger partial charge in [-0.25, -0.2) is 13.1 Å². The third-order valence-electron chi connectivity index (χ3n) is 2.45. The first-order chi connectivity index (χ1) is 9.51. The molecule has 1 heterocycles. The second kappa shape index (κ2) is 8.78. The topological polar surface area (TPSA) is 80.6 Å². The lowest BCUT2D eigenvalue weighted by Gasteiger charge is -2.05. The summed E-state index contributed by atoms with van der Waals surface area (Å²) in [5.74, 6) is 0.561. The molecule has 0 radical (unpaired) electrons. The minimum absolute atomic E-state index is 0.122. The maximum atomic E-state index is 12.1. The Kier molecular flexibility index (Phi) is 7.75. The van der Waals surface area contributed by atoms with Gasteiger partial charge in [-0.1, -0.05) is 6.92 Å². The van der Waals surface area contributed by atoms with Gasteiger partial charge in [0.2, 0.25) is 10.0 Å². The van der Waals surface area contributed by atoms with Crippen LogP contribution in [0.4, 0.5) is 0 Å². The lowest BCUT2D eigenvalue weighted by Crippen LogP contribution is -2.25. The van der Waals surface area contributed by atoms with Gasteiger partial charge in [-0.2, -0.15) is 0 Å². The summed E-state index contributed by atoms with van der Waals surface area (Å²) in [5.41, 5.74) is 0. The van der Waals surface area contributed by atoms with E-state index >= 15 is 0 Å². The summed E-state index contributed by atoms with van der Waals surface area (Å²) in [6.07, 6.45) is 1.60. The van der Waals surface area contributed by atoms with E-state index in [0.29, 0.717) is 38.5 Å². The maximum absolute atomic E-state index is 12.1. The summed E-state index contributed by atoms with van der Waals surface area (Å²) in [7, 11) is -1.79. The van der Waals surface area contributed by atoms with Crippen molar-refractivity contribution in [3.05, 3.63) is 16.5 Å². The highest BCUT2D eigenvalue weighted by molar-refractivity contribution is 9.10. The molecule has 116 valence electrons. The zero-order chi connectivity index (χ0) is 15.0. The molecule has 0 aliphatic carbocycles. The third kappa shape index (κ3) is 5.53. The van der Waals surface area contributed by atoms with Crippen LogP contribution in [0.1, 0.15) is 25.5 Å². The highest BCUT2D eigenvalue weighted by atomic mass is 79.9. The monoisotopic (exact) mass is 368 g/mol. The fourth-order valence-corrected chi connectivity index (χ4v) is 3.62. The molecule has 0 spiro atoms. The number of sulfonamides is 1. The van der Waals surface area contributed by atoms with E-state index in [0.717, 1.165) is 6.42 Å². The summed E-state index contributed by atoms with van der Waals surface area (Å²) in [6, 6.07) is 1.51. The molecule has 0 saturated heterocycles. The lowest BCUT2D eigenvalue weighted by atomic mass is 10.4. The van der Waals surface area contributed by atoms with Gasteiger partial charge < -0.3 is 14.5 Å². The summed E-state index contributed by atoms with van der Waals surface area (Å²) in [5, 5.41) is 2.90. The highest BCUT2D eigenvalue weighted by Crippen LogP contribution is 2.25. The number of hydrogen-bond donors (Lipinski definition) is 2. The molecule has 0 atom stereocenters. The standard InChI is InChI=1S/C12H21BrN2O4S/c1-3-6-18-7-4-5-15-20(16,17)11-8-10(9-14-2)19-12(11)13/h8,14-15H,3-7,9H2,1-2H3. The van der Waals surface area contributed by atoms with E-state index in [1.807, 2.05) is 6.92 Å². The fourth-order valence-electron chi connectivity index (χ4n) is 1.55. The second-order valence-electron chi connectivity index (χ2n) is 4.24. The SMILES string of the molecule is CCCOCCCNS(=O)(=O)c1cc(CNC)oc1Br. The Morgan fingerprint density at radius 3 is 2.80 bits per heavy atom. The molecule has 6 nitrogen and oxygen atoms in total. The maximum Gasteiger partial charge on any atom is 0.244 e. The van der Waals surface area contributed by atoms with E-state index in [1.165, 1.54) is 6.07 Å². The molecule has 1 rings (SSSR count). The zero-order valence-corrected chi connectivity index (χ0v) is 14.1. The Balaban J connectivity index is 2.51. The van der Waals surface area contributed by atoms with Crippen molar-refractivity contribution < 1.29 is 17.6 Å². The van der Waals surface area contributed by atoms with Crippen LogP contribution in [0.15, 0.2) is 20.0 Å². The number of hydrogen-bond acceptors (Lipinski definition) is 5. The van der Waals surface area contributed by atoms with Gasteiger partial charge in [0.15, 0.2) is 4.67 Å². The lowest BCUT2D eigenvalue weighted by molar-refractivity contribution is 0.133. The van der Waals surface area contributed by atoms with Crippen LogP contribution >= 0.6 is 15.9 Å². The molecule has 8 heteroatoms. The van der Waals surface area contributed by atoms with E-state index in [4.69, 9.17) is 9.15 Å². The Labute approximate surface area is 128 Å². The quantitative estimate of drug-likeness (QED) is 0.616. The first-order valence-corrected chi connectivity index (χ1v) is 8.79. The largest absolute Gasteiger partial charge is 0.452 e. The Hall–Kier alpha value is -0.410. The van der Waals surface area contributed by atoms with Gasteiger partial charge in [-0.15, -0.1) is 0 Å². The molecule has 20 heavy (non-hydrogen) atoms. The van der Waals surface area contributed by atoms with E-state index in [9.17, 15) is 8.42 Å². The molecule has 0 saturated carbocycles. The van der Waals surface area contributed by atoms with Crippen molar-refractivity contribution in [1.82, 2.24) is 10.0 Å². The number of nitrogens with one attached hydrogen (secondary N) is 2. The predicted molar refractivity (Wildman–Crippen MR) is 80.1 cm³/mol. The minimum atomic E-state index is -3.56. The highest BCUT2D eigenvalue weighted by Gasteiger charge is 2.21. The molecule has 0 unspecified atom stereocenters. The van der Waals surface area contributed by atoms with Crippen molar-refractivity contribution in [3.8, 4) is 0 Å². The average molecular weight is 369 g/mol. The van der Waals surface area contributed by atoms with Crippen molar-refractivity contribution in [2.45, 2.75) is 31.2 Å². The number of rotatable bonds is 10. The van der Waals surface area contributed by atoms with Crippen LogP contribution in [-0.4, -0.2) is 35.2 Å². The van der Waals surface area contributed by atoms with Crippen molar-refractivity contribution >= 4 is 26.0 Å². The van der Waals surface area contributed by atoms with Crippen LogP contribution < -0.4 is 10.0 Å². The molecule has 1 aromatic rings. The van der Waals surface area contributed by atoms with E-state index in [2.05, 4.69) is 26.0 Å². The number of furan rings is 1. The van der Waals surface area contributed by atoms with E-state index in [-0.39, 0.29) is 9.56 Å². The van der Waals surface area contributed by atoms with Crippen LogP contribution in [0, 0.1) is 0 Å². The van der Waals surface area contributed by atoms with Gasteiger partial charge in [0.1, 0.15) is 10.7 Å². The van der Waals surface area contributed by atoms with Crippen molar-refractivity contribution in [3.63, 3.8) is 0 Å². The van der Waals surface area contributed by atoms with Gasteiger partial charge in [0.25, 0.3) is 0 Å². The first-order valence-electron chi connectivity index (χ1n) is 6.51. The summed E-state index contributed by atoms with van der Waals surface area (Å²) in [6.45, 7) is 4.09. The Morgan fingerprint density at radius 1 is 1.40 bits per heavy atom. The molecule has 0 aromatic carbocycles. The minimum Gasteiger partial charge on any atom is -0.452 e. The van der Waals surface area contributed by atoms with Crippen LogP contribution in [0.2, 0.25) is 0 Å². The molecule has 0 aliphatic rings. The smallest absolute Gasteiger partial charge is 0.244 e. The number of ether oxygens (including phenoxy) is 1. The van der Waals surface area contributed by atoms with E-state index in [1.54, 1.807) is 7.05 Å². The van der Waals surface area contributed by atoms with Gasteiger partial charge in [0, 0.05) is 25.8 Å². The third-order valence-corrected chi connectivity index (χ3v) is 4.77. The molecular weight excluding hydrogens is 348 g/mol. The summed E-state index contributed by atoms with van der Waals surface area (Å²) in [4.78, 5) is 0.122. The van der Waals surface area contributed by atoms with Gasteiger partial charge in [-0.05, 0) is 35.8 Å². The predicted octanol–water partition coefficient (Wildman–Crippen LogP) is 1.86. The fraction of sp³-hybridized carbons (Fsp3) is 0.667. The van der Waals surface area contributed by atoms with Crippen molar-refractivity contribution in [1.29, 1.82) is 0 Å². The molecule has 0 bridgehead atoms. The first kappa shape index (κ1) is 17.6. The molecular formula is C12H21BrN2O4S. The molecule has 0 amide bonds. The Bertz CT molecular complexity index is 502. The second-order valence-corrected chi connectivity index (χ2v) is 6.70. The Morgan fingerprint density at radius 2 is 2.15 bits per heavy atom.